The predicted molar refractivity (Wildman–Crippen MR) is 135 cm³/mol. The fraction of sp³-hybridized carbons (Fsp3) is 1.00. The maximum atomic E-state index is 9.50. The molecule has 7 heteroatoms. The Bertz CT molecular complexity index is 539. The number of methoxy groups -OCH3 is 1. The third-order valence-corrected chi connectivity index (χ3v) is 17.0. The molecule has 5 nitrogen and oxygen atoms in total. The lowest BCUT2D eigenvalue weighted by atomic mass is 9.90. The van der Waals surface area contributed by atoms with Gasteiger partial charge >= 0.3 is 0 Å². The van der Waals surface area contributed by atoms with Crippen LogP contribution in [0.3, 0.4) is 0 Å². The number of aliphatic hydroxyl groups is 1. The van der Waals surface area contributed by atoms with Crippen LogP contribution in [-0.4, -0.2) is 66.5 Å². The highest BCUT2D eigenvalue weighted by Gasteiger charge is 2.46. The van der Waals surface area contributed by atoms with Gasteiger partial charge < -0.3 is 23.4 Å². The fourth-order valence-corrected chi connectivity index (χ4v) is 6.22. The van der Waals surface area contributed by atoms with Gasteiger partial charge in [-0.3, -0.25) is 0 Å². The molecule has 2 unspecified atom stereocenters. The molecule has 0 aromatic heterocycles. The van der Waals surface area contributed by atoms with E-state index in [1.807, 2.05) is 0 Å². The molecule has 0 bridgehead atoms. The summed E-state index contributed by atoms with van der Waals surface area (Å²) in [5, 5.41) is 9.79. The minimum atomic E-state index is -1.97. The minimum Gasteiger partial charge on any atom is -0.414 e. The summed E-state index contributed by atoms with van der Waals surface area (Å²) in [5.41, 5.74) is 0. The van der Waals surface area contributed by atoms with Crippen molar-refractivity contribution in [1.82, 2.24) is 0 Å². The Balaban J connectivity index is 3.07. The largest absolute Gasteiger partial charge is 0.414 e. The second kappa shape index (κ2) is 11.1. The molecule has 186 valence electrons. The van der Waals surface area contributed by atoms with E-state index in [1.165, 1.54) is 0 Å². The van der Waals surface area contributed by atoms with Crippen LogP contribution < -0.4 is 0 Å². The van der Waals surface area contributed by atoms with Crippen LogP contribution in [0.1, 0.15) is 67.7 Å². The summed E-state index contributed by atoms with van der Waals surface area (Å²) in [6.45, 7) is 25.8. The molecule has 1 heterocycles. The molecule has 1 rings (SSSR count). The maximum Gasteiger partial charge on any atom is 0.192 e. The Morgan fingerprint density at radius 2 is 1.48 bits per heavy atom. The zero-order valence-electron chi connectivity index (χ0n) is 22.5. The fourth-order valence-electron chi connectivity index (χ4n) is 3.83. The van der Waals surface area contributed by atoms with Crippen LogP contribution in [0.5, 0.6) is 0 Å². The smallest absolute Gasteiger partial charge is 0.192 e. The van der Waals surface area contributed by atoms with E-state index in [-0.39, 0.29) is 41.1 Å². The van der Waals surface area contributed by atoms with E-state index in [2.05, 4.69) is 74.7 Å². The second-order valence-electron chi connectivity index (χ2n) is 12.3. The standard InChI is InChI=1S/C24H52O5Si2/c1-13-19-20(14-15-25)28-21(22(19)26-8)16-18(29-31(11,12)24(5,6)7)17-27-30(9,10)23(2,3)4/h18-22,25H,13-17H2,1-12H3/t18?,19-,20-,21?,22+/m0/s1. The van der Waals surface area contributed by atoms with Gasteiger partial charge in [0.05, 0.1) is 31.0 Å². The quantitative estimate of drug-likeness (QED) is 0.372. The summed E-state index contributed by atoms with van der Waals surface area (Å²) in [7, 11) is -2.08. The number of rotatable bonds is 11. The third kappa shape index (κ3) is 7.62. The molecule has 0 aromatic carbocycles. The Morgan fingerprint density at radius 1 is 0.935 bits per heavy atom. The number of ether oxygens (including phenoxy) is 2. The van der Waals surface area contributed by atoms with Crippen LogP contribution in [-0.2, 0) is 18.3 Å². The minimum absolute atomic E-state index is 0.0250. The van der Waals surface area contributed by atoms with E-state index in [0.717, 1.165) is 12.8 Å². The van der Waals surface area contributed by atoms with Crippen molar-refractivity contribution in [1.29, 1.82) is 0 Å². The van der Waals surface area contributed by atoms with Crippen LogP contribution in [0.2, 0.25) is 36.3 Å². The highest BCUT2D eigenvalue weighted by atomic mass is 28.4. The first kappa shape index (κ1) is 29.3. The van der Waals surface area contributed by atoms with Crippen LogP contribution in [0.15, 0.2) is 0 Å². The molecule has 1 aliphatic rings. The molecule has 1 saturated heterocycles. The van der Waals surface area contributed by atoms with E-state index < -0.39 is 16.6 Å². The molecule has 1 aliphatic heterocycles. The molecular formula is C24H52O5Si2. The Morgan fingerprint density at radius 3 is 1.90 bits per heavy atom. The summed E-state index contributed by atoms with van der Waals surface area (Å²) in [6, 6.07) is 0. The monoisotopic (exact) mass is 476 g/mol. The molecule has 1 fully saturated rings. The van der Waals surface area contributed by atoms with E-state index in [4.69, 9.17) is 18.3 Å². The zero-order valence-corrected chi connectivity index (χ0v) is 24.5. The van der Waals surface area contributed by atoms with E-state index in [1.54, 1.807) is 7.11 Å². The van der Waals surface area contributed by atoms with Crippen molar-refractivity contribution in [3.05, 3.63) is 0 Å². The zero-order chi connectivity index (χ0) is 24.3. The summed E-state index contributed by atoms with van der Waals surface area (Å²) in [6.07, 6.45) is 2.40. The van der Waals surface area contributed by atoms with E-state index in [0.29, 0.717) is 18.9 Å². The van der Waals surface area contributed by atoms with Crippen LogP contribution in [0.4, 0.5) is 0 Å². The molecular weight excluding hydrogens is 424 g/mol. The number of hydrogen-bond donors (Lipinski definition) is 1. The van der Waals surface area contributed by atoms with Gasteiger partial charge in [0.2, 0.25) is 0 Å². The Kier molecular flexibility index (Phi) is 10.5. The van der Waals surface area contributed by atoms with Crippen molar-refractivity contribution >= 4 is 16.6 Å². The lowest BCUT2D eigenvalue weighted by Crippen LogP contribution is -2.49. The van der Waals surface area contributed by atoms with Gasteiger partial charge in [0.1, 0.15) is 0 Å². The van der Waals surface area contributed by atoms with Crippen LogP contribution in [0.25, 0.3) is 0 Å². The number of aliphatic hydroxyl groups excluding tert-OH is 1. The van der Waals surface area contributed by atoms with Gasteiger partial charge in [-0.05, 0) is 49.1 Å². The molecule has 0 amide bonds. The van der Waals surface area contributed by atoms with Crippen molar-refractivity contribution < 1.29 is 23.4 Å². The average Bonchev–Trinajstić information content (AvgIpc) is 2.93. The van der Waals surface area contributed by atoms with Gasteiger partial charge in [0.15, 0.2) is 16.6 Å². The van der Waals surface area contributed by atoms with Crippen molar-refractivity contribution in [2.45, 2.75) is 128 Å². The normalized spacial score (nSPS) is 27.0. The predicted octanol–water partition coefficient (Wildman–Crippen LogP) is 5.98. The molecule has 31 heavy (non-hydrogen) atoms. The SMILES string of the molecule is CC[C@H]1[C@H](CCO)OC(CC(CO[Si](C)(C)C(C)(C)C)O[Si](C)(C)C(C)(C)C)[C@@H]1OC. The van der Waals surface area contributed by atoms with E-state index >= 15 is 0 Å². The highest BCUT2D eigenvalue weighted by Crippen LogP contribution is 2.41. The molecule has 0 radical (unpaired) electrons. The van der Waals surface area contributed by atoms with E-state index in [9.17, 15) is 5.11 Å². The first-order valence-electron chi connectivity index (χ1n) is 12.1. The molecule has 0 saturated carbocycles. The summed E-state index contributed by atoms with van der Waals surface area (Å²) in [5.74, 6) is 0.303. The van der Waals surface area contributed by atoms with Gasteiger partial charge in [0, 0.05) is 26.1 Å². The van der Waals surface area contributed by atoms with Crippen molar-refractivity contribution in [2.24, 2.45) is 5.92 Å². The highest BCUT2D eigenvalue weighted by molar-refractivity contribution is 6.74. The molecule has 0 aromatic rings. The molecule has 0 spiro atoms. The first-order chi connectivity index (χ1) is 14.0. The van der Waals surface area contributed by atoms with Gasteiger partial charge in [0.25, 0.3) is 0 Å². The lowest BCUT2D eigenvalue weighted by molar-refractivity contribution is -0.0396. The summed E-state index contributed by atoms with van der Waals surface area (Å²) < 4.78 is 25.9. The number of hydrogen-bond acceptors (Lipinski definition) is 5. The van der Waals surface area contributed by atoms with Crippen molar-refractivity contribution in [3.8, 4) is 0 Å². The van der Waals surface area contributed by atoms with Crippen LogP contribution >= 0.6 is 0 Å². The van der Waals surface area contributed by atoms with Gasteiger partial charge in [-0.2, -0.15) is 0 Å². The second-order valence-corrected chi connectivity index (χ2v) is 21.9. The average molecular weight is 477 g/mol. The summed E-state index contributed by atoms with van der Waals surface area (Å²) >= 11 is 0. The Hall–Kier alpha value is 0.234. The van der Waals surface area contributed by atoms with Gasteiger partial charge in [-0.15, -0.1) is 0 Å². The van der Waals surface area contributed by atoms with Crippen molar-refractivity contribution in [2.75, 3.05) is 20.3 Å². The third-order valence-electron chi connectivity index (χ3n) is 7.97. The molecule has 5 atom stereocenters. The first-order valence-corrected chi connectivity index (χ1v) is 17.9. The van der Waals surface area contributed by atoms with Crippen LogP contribution in [0, 0.1) is 5.92 Å². The maximum absolute atomic E-state index is 9.50. The summed E-state index contributed by atoms with van der Waals surface area (Å²) in [4.78, 5) is 0. The van der Waals surface area contributed by atoms with Crippen molar-refractivity contribution in [3.63, 3.8) is 0 Å². The topological polar surface area (TPSA) is 57.2 Å². The van der Waals surface area contributed by atoms with Gasteiger partial charge in [-0.1, -0.05) is 48.5 Å². The van der Waals surface area contributed by atoms with Gasteiger partial charge in [-0.25, -0.2) is 0 Å². The Labute approximate surface area is 194 Å². The molecule has 1 N–H and O–H groups in total. The molecule has 0 aliphatic carbocycles. The lowest BCUT2D eigenvalue weighted by Gasteiger charge is -2.42.